The molecule has 94 valence electrons. The Hall–Kier alpha value is -1.10. The normalized spacial score (nSPS) is 15.3. The summed E-state index contributed by atoms with van der Waals surface area (Å²) >= 11 is 0. The highest BCUT2D eigenvalue weighted by atomic mass is 16.4. The van der Waals surface area contributed by atoms with Gasteiger partial charge in [0.25, 0.3) is 0 Å². The van der Waals surface area contributed by atoms with Crippen molar-refractivity contribution in [1.29, 1.82) is 0 Å². The van der Waals surface area contributed by atoms with Crippen LogP contribution in [-0.4, -0.2) is 29.1 Å². The van der Waals surface area contributed by atoms with E-state index in [4.69, 9.17) is 10.8 Å². The Kier molecular flexibility index (Phi) is 5.44. The van der Waals surface area contributed by atoms with Crippen molar-refractivity contribution in [2.45, 2.75) is 52.6 Å². The Morgan fingerprint density at radius 1 is 1.38 bits per heavy atom. The fourth-order valence-corrected chi connectivity index (χ4v) is 1.21. The lowest BCUT2D eigenvalue weighted by molar-refractivity contribution is -0.138. The van der Waals surface area contributed by atoms with Gasteiger partial charge < -0.3 is 16.2 Å². The molecule has 0 aliphatic rings. The van der Waals surface area contributed by atoms with Crippen molar-refractivity contribution in [2.24, 2.45) is 11.1 Å². The molecule has 0 aromatic rings. The van der Waals surface area contributed by atoms with Crippen LogP contribution >= 0.6 is 0 Å². The summed E-state index contributed by atoms with van der Waals surface area (Å²) < 4.78 is 0. The lowest BCUT2D eigenvalue weighted by Crippen LogP contribution is -2.50. The molecule has 0 rings (SSSR count). The second-order valence-electron chi connectivity index (χ2n) is 5.04. The number of nitrogens with one attached hydrogen (secondary N) is 1. The van der Waals surface area contributed by atoms with Crippen LogP contribution in [0.3, 0.4) is 0 Å². The van der Waals surface area contributed by atoms with E-state index in [9.17, 15) is 9.59 Å². The molecule has 2 unspecified atom stereocenters. The number of carboxylic acid groups (broad SMARTS) is 1. The van der Waals surface area contributed by atoms with Gasteiger partial charge in [-0.25, -0.2) is 0 Å². The molecule has 0 saturated carbocycles. The molecule has 4 N–H and O–H groups in total. The van der Waals surface area contributed by atoms with Crippen LogP contribution < -0.4 is 11.1 Å². The average Bonchev–Trinajstić information content (AvgIpc) is 2.13. The minimum Gasteiger partial charge on any atom is -0.481 e. The van der Waals surface area contributed by atoms with Crippen LogP contribution in [0.1, 0.15) is 40.5 Å². The topological polar surface area (TPSA) is 92.4 Å². The number of carbonyl (C=O) groups is 2. The van der Waals surface area contributed by atoms with Crippen LogP contribution in [0.5, 0.6) is 0 Å². The summed E-state index contributed by atoms with van der Waals surface area (Å²) in [6.07, 6.45) is 0.446. The first-order valence-corrected chi connectivity index (χ1v) is 5.46. The van der Waals surface area contributed by atoms with Crippen molar-refractivity contribution in [3.05, 3.63) is 0 Å². The molecule has 0 heterocycles. The fraction of sp³-hybridized carbons (Fsp3) is 0.818. The minimum atomic E-state index is -0.926. The summed E-state index contributed by atoms with van der Waals surface area (Å²) in [5.74, 6) is -1.21. The van der Waals surface area contributed by atoms with E-state index in [2.05, 4.69) is 5.32 Å². The summed E-state index contributed by atoms with van der Waals surface area (Å²) in [6, 6.07) is -0.978. The lowest BCUT2D eigenvalue weighted by Gasteiger charge is -2.31. The van der Waals surface area contributed by atoms with Gasteiger partial charge in [-0.05, 0) is 11.8 Å². The van der Waals surface area contributed by atoms with Gasteiger partial charge in [0.15, 0.2) is 0 Å². The molecule has 16 heavy (non-hydrogen) atoms. The van der Waals surface area contributed by atoms with Crippen LogP contribution in [-0.2, 0) is 9.59 Å². The Bertz CT molecular complexity index is 258. The van der Waals surface area contributed by atoms with E-state index in [0.717, 1.165) is 0 Å². The molecule has 1 amide bonds. The summed E-state index contributed by atoms with van der Waals surface area (Å²) in [5, 5.41) is 11.5. The molecular weight excluding hydrogens is 208 g/mol. The van der Waals surface area contributed by atoms with Crippen molar-refractivity contribution < 1.29 is 14.7 Å². The Balaban J connectivity index is 4.56. The number of hydrogen-bond acceptors (Lipinski definition) is 3. The zero-order chi connectivity index (χ0) is 12.9. The maximum Gasteiger partial charge on any atom is 0.305 e. The minimum absolute atomic E-state index is 0.0916. The highest BCUT2D eigenvalue weighted by Gasteiger charge is 2.29. The van der Waals surface area contributed by atoms with Gasteiger partial charge in [-0.15, -0.1) is 0 Å². The zero-order valence-corrected chi connectivity index (χ0v) is 10.4. The number of aliphatic carboxylic acids is 1. The van der Waals surface area contributed by atoms with Gasteiger partial charge in [-0.1, -0.05) is 27.7 Å². The van der Waals surface area contributed by atoms with Gasteiger partial charge in [-0.2, -0.15) is 0 Å². The highest BCUT2D eigenvalue weighted by Crippen LogP contribution is 2.21. The van der Waals surface area contributed by atoms with Gasteiger partial charge in [0, 0.05) is 6.04 Å². The maximum absolute atomic E-state index is 11.6. The molecule has 0 aliphatic heterocycles. The first-order valence-electron chi connectivity index (χ1n) is 5.46. The van der Waals surface area contributed by atoms with Gasteiger partial charge in [0.05, 0.1) is 12.5 Å². The Labute approximate surface area is 96.4 Å². The molecule has 2 atom stereocenters. The number of hydrogen-bond donors (Lipinski definition) is 3. The molecule has 0 spiro atoms. The zero-order valence-electron chi connectivity index (χ0n) is 10.4. The van der Waals surface area contributed by atoms with Crippen molar-refractivity contribution in [1.82, 2.24) is 5.32 Å². The number of carboxylic acids is 1. The predicted molar refractivity (Wildman–Crippen MR) is 61.9 cm³/mol. The van der Waals surface area contributed by atoms with E-state index in [-0.39, 0.29) is 17.7 Å². The third-order valence-electron chi connectivity index (χ3n) is 2.52. The molecule has 0 bridgehead atoms. The summed E-state index contributed by atoms with van der Waals surface area (Å²) in [5.41, 5.74) is 5.28. The second-order valence-corrected chi connectivity index (χ2v) is 5.04. The second kappa shape index (κ2) is 5.84. The number of nitrogens with two attached hydrogens (primary N) is 1. The predicted octanol–water partition coefficient (Wildman–Crippen LogP) is 0.729. The first kappa shape index (κ1) is 14.9. The number of rotatable bonds is 5. The maximum atomic E-state index is 11.6. The Morgan fingerprint density at radius 3 is 2.19 bits per heavy atom. The summed E-state index contributed by atoms with van der Waals surface area (Å²) in [7, 11) is 0. The van der Waals surface area contributed by atoms with E-state index in [1.807, 2.05) is 27.7 Å². The molecular formula is C11H22N2O3. The monoisotopic (exact) mass is 230 g/mol. The molecule has 0 aromatic heterocycles. The first-order chi connectivity index (χ1) is 7.18. The quantitative estimate of drug-likeness (QED) is 0.649. The fourth-order valence-electron chi connectivity index (χ4n) is 1.21. The average molecular weight is 230 g/mol. The third kappa shape index (κ3) is 5.11. The van der Waals surface area contributed by atoms with Gasteiger partial charge in [0.2, 0.25) is 5.91 Å². The summed E-state index contributed by atoms with van der Waals surface area (Å²) in [6.45, 7) is 7.47. The molecule has 0 radical (unpaired) electrons. The van der Waals surface area contributed by atoms with Crippen molar-refractivity contribution in [2.75, 3.05) is 0 Å². The molecule has 5 heteroatoms. The third-order valence-corrected chi connectivity index (χ3v) is 2.52. The smallest absolute Gasteiger partial charge is 0.305 e. The number of carbonyl (C=O) groups excluding carboxylic acids is 1. The van der Waals surface area contributed by atoms with Crippen molar-refractivity contribution in [3.8, 4) is 0 Å². The van der Waals surface area contributed by atoms with E-state index in [1.165, 1.54) is 0 Å². The summed E-state index contributed by atoms with van der Waals surface area (Å²) in [4.78, 5) is 22.3. The van der Waals surface area contributed by atoms with E-state index in [0.29, 0.717) is 6.42 Å². The van der Waals surface area contributed by atoms with Crippen LogP contribution in [0.4, 0.5) is 0 Å². The highest BCUT2D eigenvalue weighted by molar-refractivity contribution is 5.82. The Morgan fingerprint density at radius 2 is 1.88 bits per heavy atom. The van der Waals surface area contributed by atoms with Crippen LogP contribution in [0.25, 0.3) is 0 Å². The standard InChI is InChI=1S/C11H22N2O3/c1-5-7(12)10(16)13-8(6-9(14)15)11(2,3)4/h7-8H,5-6,12H2,1-4H3,(H,13,16)(H,14,15). The lowest BCUT2D eigenvalue weighted by atomic mass is 9.84. The van der Waals surface area contributed by atoms with Crippen LogP contribution in [0.2, 0.25) is 0 Å². The molecule has 5 nitrogen and oxygen atoms in total. The number of amides is 1. The van der Waals surface area contributed by atoms with Crippen LogP contribution in [0.15, 0.2) is 0 Å². The largest absolute Gasteiger partial charge is 0.481 e. The molecule has 0 aromatic carbocycles. The van der Waals surface area contributed by atoms with Crippen molar-refractivity contribution in [3.63, 3.8) is 0 Å². The van der Waals surface area contributed by atoms with E-state index < -0.39 is 18.1 Å². The van der Waals surface area contributed by atoms with Gasteiger partial charge >= 0.3 is 5.97 Å². The van der Waals surface area contributed by atoms with Gasteiger partial charge in [-0.3, -0.25) is 9.59 Å². The van der Waals surface area contributed by atoms with Gasteiger partial charge in [0.1, 0.15) is 0 Å². The SMILES string of the molecule is CCC(N)C(=O)NC(CC(=O)O)C(C)(C)C. The van der Waals surface area contributed by atoms with Crippen molar-refractivity contribution >= 4 is 11.9 Å². The molecule has 0 aliphatic carbocycles. The van der Waals surface area contributed by atoms with Crippen LogP contribution in [0, 0.1) is 5.41 Å². The van der Waals surface area contributed by atoms with E-state index >= 15 is 0 Å². The molecule has 0 fully saturated rings. The van der Waals surface area contributed by atoms with E-state index in [1.54, 1.807) is 0 Å². The molecule has 0 saturated heterocycles.